The number of carbonyl (C=O) groups is 1. The van der Waals surface area contributed by atoms with E-state index in [9.17, 15) is 15.0 Å². The van der Waals surface area contributed by atoms with Crippen molar-refractivity contribution < 1.29 is 15.0 Å². The summed E-state index contributed by atoms with van der Waals surface area (Å²) in [7, 11) is 0. The van der Waals surface area contributed by atoms with Gasteiger partial charge in [-0.1, -0.05) is 12.2 Å². The van der Waals surface area contributed by atoms with Crippen LogP contribution in [-0.2, 0) is 4.79 Å². The summed E-state index contributed by atoms with van der Waals surface area (Å²) in [5.41, 5.74) is -0.565. The van der Waals surface area contributed by atoms with Gasteiger partial charge in [0.2, 0.25) is 0 Å². The Morgan fingerprint density at radius 1 is 1.19 bits per heavy atom. The summed E-state index contributed by atoms with van der Waals surface area (Å²) in [6, 6.07) is 0. The van der Waals surface area contributed by atoms with Gasteiger partial charge in [-0.05, 0) is 50.9 Å². The van der Waals surface area contributed by atoms with Gasteiger partial charge in [0.1, 0.15) is 0 Å². The molecular weight excluding hydrogens is 204 g/mol. The molecule has 3 heteroatoms. The Kier molecular flexibility index (Phi) is 3.33. The Morgan fingerprint density at radius 2 is 1.88 bits per heavy atom. The van der Waals surface area contributed by atoms with Crippen LogP contribution in [0.25, 0.3) is 0 Å². The highest BCUT2D eigenvalue weighted by atomic mass is 16.4. The van der Waals surface area contributed by atoms with Crippen LogP contribution >= 0.6 is 0 Å². The summed E-state index contributed by atoms with van der Waals surface area (Å²) in [4.78, 5) is 11.6. The molecule has 0 aromatic rings. The molecule has 1 saturated carbocycles. The number of hydrogen-bond donors (Lipinski definition) is 2. The summed E-state index contributed by atoms with van der Waals surface area (Å²) in [6.45, 7) is 0. The summed E-state index contributed by atoms with van der Waals surface area (Å²) in [5.74, 6) is -0.387. The fourth-order valence-corrected chi connectivity index (χ4v) is 3.21. The van der Waals surface area contributed by atoms with Gasteiger partial charge in [-0.3, -0.25) is 4.79 Å². The monoisotopic (exact) mass is 224 g/mol. The lowest BCUT2D eigenvalue weighted by Crippen LogP contribution is -2.43. The molecule has 2 rings (SSSR count). The highest BCUT2D eigenvalue weighted by molar-refractivity contribution is 5.75. The van der Waals surface area contributed by atoms with Crippen LogP contribution in [0.5, 0.6) is 0 Å². The zero-order valence-electron chi connectivity index (χ0n) is 9.56. The zero-order chi connectivity index (χ0) is 11.6. The second-order valence-corrected chi connectivity index (χ2v) is 5.17. The van der Waals surface area contributed by atoms with E-state index in [1.165, 1.54) is 0 Å². The second kappa shape index (κ2) is 4.58. The van der Waals surface area contributed by atoms with E-state index in [0.717, 1.165) is 19.3 Å². The molecule has 1 fully saturated rings. The van der Waals surface area contributed by atoms with Crippen LogP contribution in [0.1, 0.15) is 44.9 Å². The fraction of sp³-hybridized carbons (Fsp3) is 0.769. The molecule has 0 aromatic heterocycles. The summed E-state index contributed by atoms with van der Waals surface area (Å²) in [5, 5.41) is 19.0. The minimum absolute atomic E-state index is 0.266. The Bertz CT molecular complexity index is 288. The number of hydrogen-bond acceptors (Lipinski definition) is 2. The average molecular weight is 224 g/mol. The molecule has 0 bridgehead atoms. The van der Waals surface area contributed by atoms with Crippen molar-refractivity contribution in [3.8, 4) is 0 Å². The molecule has 0 amide bonds. The van der Waals surface area contributed by atoms with E-state index in [-0.39, 0.29) is 12.0 Å². The molecule has 0 radical (unpaired) electrons. The van der Waals surface area contributed by atoms with E-state index in [1.54, 1.807) is 0 Å². The van der Waals surface area contributed by atoms with Crippen LogP contribution in [0.15, 0.2) is 12.2 Å². The van der Waals surface area contributed by atoms with Crippen LogP contribution in [-0.4, -0.2) is 22.3 Å². The normalized spacial score (nSPS) is 39.6. The van der Waals surface area contributed by atoms with Gasteiger partial charge in [0.05, 0.1) is 11.5 Å². The van der Waals surface area contributed by atoms with Crippen molar-refractivity contribution in [2.75, 3.05) is 0 Å². The summed E-state index contributed by atoms with van der Waals surface area (Å²) >= 11 is 0. The molecule has 0 heterocycles. The first-order chi connectivity index (χ1) is 7.65. The van der Waals surface area contributed by atoms with Crippen molar-refractivity contribution in [2.24, 2.45) is 11.3 Å². The van der Waals surface area contributed by atoms with Crippen molar-refractivity contribution in [1.82, 2.24) is 0 Å². The van der Waals surface area contributed by atoms with Gasteiger partial charge in [-0.15, -0.1) is 0 Å². The molecule has 16 heavy (non-hydrogen) atoms. The number of aliphatic carboxylic acids is 1. The van der Waals surface area contributed by atoms with Crippen molar-refractivity contribution in [2.45, 2.75) is 51.0 Å². The minimum Gasteiger partial charge on any atom is -0.481 e. The Morgan fingerprint density at radius 3 is 2.38 bits per heavy atom. The predicted molar refractivity (Wildman–Crippen MR) is 61.0 cm³/mol. The van der Waals surface area contributed by atoms with E-state index in [2.05, 4.69) is 12.2 Å². The number of aliphatic hydroxyl groups excluding tert-OH is 1. The van der Waals surface area contributed by atoms with E-state index in [0.29, 0.717) is 25.7 Å². The average Bonchev–Trinajstić information content (AvgIpc) is 2.31. The maximum Gasteiger partial charge on any atom is 0.309 e. The first-order valence-electron chi connectivity index (χ1n) is 6.21. The highest BCUT2D eigenvalue weighted by Crippen LogP contribution is 2.47. The molecule has 90 valence electrons. The molecule has 2 N–H and O–H groups in total. The number of aliphatic hydroxyl groups is 1. The molecular formula is C13H20O3. The molecule has 0 aromatic carbocycles. The molecule has 0 saturated heterocycles. The highest BCUT2D eigenvalue weighted by Gasteiger charge is 2.47. The maximum atomic E-state index is 11.6. The summed E-state index contributed by atoms with van der Waals surface area (Å²) < 4.78 is 0. The van der Waals surface area contributed by atoms with E-state index in [4.69, 9.17) is 0 Å². The largest absolute Gasteiger partial charge is 0.481 e. The van der Waals surface area contributed by atoms with Gasteiger partial charge < -0.3 is 10.2 Å². The molecule has 2 aliphatic rings. The third-order valence-corrected chi connectivity index (χ3v) is 4.32. The van der Waals surface area contributed by atoms with Crippen molar-refractivity contribution >= 4 is 5.97 Å². The molecule has 2 aliphatic carbocycles. The van der Waals surface area contributed by atoms with E-state index < -0.39 is 11.4 Å². The second-order valence-electron chi connectivity index (χ2n) is 5.17. The van der Waals surface area contributed by atoms with Gasteiger partial charge in [0.15, 0.2) is 0 Å². The van der Waals surface area contributed by atoms with Gasteiger partial charge in [0.25, 0.3) is 0 Å². The third-order valence-electron chi connectivity index (χ3n) is 4.32. The van der Waals surface area contributed by atoms with Crippen molar-refractivity contribution in [3.63, 3.8) is 0 Å². The van der Waals surface area contributed by atoms with Crippen LogP contribution in [0.3, 0.4) is 0 Å². The van der Waals surface area contributed by atoms with Gasteiger partial charge in [-0.25, -0.2) is 0 Å². The Balaban J connectivity index is 2.15. The van der Waals surface area contributed by atoms with Gasteiger partial charge >= 0.3 is 5.97 Å². The Hall–Kier alpha value is -0.830. The van der Waals surface area contributed by atoms with E-state index >= 15 is 0 Å². The number of carboxylic acid groups (broad SMARTS) is 1. The van der Waals surface area contributed by atoms with Gasteiger partial charge in [0, 0.05) is 0 Å². The first-order valence-corrected chi connectivity index (χ1v) is 6.21. The first kappa shape index (κ1) is 11.6. The topological polar surface area (TPSA) is 57.5 Å². The molecule has 3 nitrogen and oxygen atoms in total. The molecule has 0 aliphatic heterocycles. The Labute approximate surface area is 96.2 Å². The standard InChI is InChI=1S/C13H20O3/c14-11-6-8-13(9-7-11,12(15)16)10-4-2-1-3-5-10/h1-2,10-11,14H,3-9H2,(H,15,16). The van der Waals surface area contributed by atoms with Crippen LogP contribution in [0.4, 0.5) is 0 Å². The SMILES string of the molecule is O=C(O)C1(C2CC=CCC2)CCC(O)CC1. The van der Waals surface area contributed by atoms with Crippen LogP contribution in [0.2, 0.25) is 0 Å². The van der Waals surface area contributed by atoms with Crippen molar-refractivity contribution in [3.05, 3.63) is 12.2 Å². The van der Waals surface area contributed by atoms with Crippen LogP contribution < -0.4 is 0 Å². The number of rotatable bonds is 2. The predicted octanol–water partition coefficient (Wildman–Crippen LogP) is 2.35. The summed E-state index contributed by atoms with van der Waals surface area (Å²) in [6.07, 6.45) is 9.42. The van der Waals surface area contributed by atoms with E-state index in [1.807, 2.05) is 0 Å². The molecule has 0 spiro atoms. The smallest absolute Gasteiger partial charge is 0.309 e. The molecule has 1 atom stereocenters. The minimum atomic E-state index is -0.653. The quantitative estimate of drug-likeness (QED) is 0.708. The lowest BCUT2D eigenvalue weighted by atomic mass is 9.62. The zero-order valence-corrected chi connectivity index (χ0v) is 9.56. The number of allylic oxidation sites excluding steroid dienone is 2. The fourth-order valence-electron chi connectivity index (χ4n) is 3.21. The van der Waals surface area contributed by atoms with Gasteiger partial charge in [-0.2, -0.15) is 0 Å². The lowest BCUT2D eigenvalue weighted by Gasteiger charge is -2.42. The molecule has 1 unspecified atom stereocenters. The maximum absolute atomic E-state index is 11.6. The van der Waals surface area contributed by atoms with Crippen molar-refractivity contribution in [1.29, 1.82) is 0 Å². The lowest BCUT2D eigenvalue weighted by molar-refractivity contribution is -0.157. The number of carboxylic acids is 1. The third kappa shape index (κ3) is 2.01. The van der Waals surface area contributed by atoms with Crippen LogP contribution in [0, 0.1) is 11.3 Å².